The molecule has 0 saturated heterocycles. The molecule has 16 heavy (non-hydrogen) atoms. The number of allylic oxidation sites excluding steroid dienone is 2. The number of hydrogen-bond acceptors (Lipinski definition) is 1. The maximum Gasteiger partial charge on any atom is 0.242 e. The Balaban J connectivity index is 3.50. The standard InChI is InChI=1S/C11H14ClI3O/c1-6-5-11(15,8(12)16)10(4,14)9(3,13)7(6)2/h5,7H,1-4H3. The van der Waals surface area contributed by atoms with E-state index in [1.807, 2.05) is 6.08 Å². The summed E-state index contributed by atoms with van der Waals surface area (Å²) in [5, 5.41) is -0.279. The normalized spacial score (nSPS) is 48.8. The van der Waals surface area contributed by atoms with Crippen LogP contribution in [-0.4, -0.2) is 15.5 Å². The molecule has 0 heterocycles. The Morgan fingerprint density at radius 2 is 1.81 bits per heavy atom. The number of hydrogen-bond donors (Lipinski definition) is 0. The van der Waals surface area contributed by atoms with Gasteiger partial charge >= 0.3 is 0 Å². The molecular formula is C11H14ClI3O. The molecule has 0 aliphatic heterocycles. The van der Waals surface area contributed by atoms with Crippen LogP contribution in [0, 0.1) is 5.92 Å². The zero-order valence-electron chi connectivity index (χ0n) is 9.57. The number of carbonyl (C=O) groups is 1. The quantitative estimate of drug-likeness (QED) is 0.187. The predicted molar refractivity (Wildman–Crippen MR) is 95.4 cm³/mol. The van der Waals surface area contributed by atoms with Crippen LogP contribution in [0.25, 0.3) is 0 Å². The average Bonchev–Trinajstić information content (AvgIpc) is 2.13. The summed E-state index contributed by atoms with van der Waals surface area (Å²) in [7, 11) is 0. The summed E-state index contributed by atoms with van der Waals surface area (Å²) in [5.41, 5.74) is 1.24. The molecule has 5 heteroatoms. The molecule has 1 rings (SSSR count). The largest absolute Gasteiger partial charge is 0.279 e. The first-order valence-corrected chi connectivity index (χ1v) is 8.56. The summed E-state index contributed by atoms with van der Waals surface area (Å²) in [6.45, 7) is 8.62. The van der Waals surface area contributed by atoms with Gasteiger partial charge in [-0.05, 0) is 38.3 Å². The average molecular weight is 578 g/mol. The SMILES string of the molecule is CC1=CC(I)(C(=O)Cl)C(C)(I)C(C)(I)C1C. The minimum absolute atomic E-state index is 0.00407. The van der Waals surface area contributed by atoms with Crippen LogP contribution in [-0.2, 0) is 4.79 Å². The molecule has 0 radical (unpaired) electrons. The smallest absolute Gasteiger partial charge is 0.242 e. The Morgan fingerprint density at radius 3 is 2.19 bits per heavy atom. The lowest BCUT2D eigenvalue weighted by Crippen LogP contribution is -2.62. The fraction of sp³-hybridized carbons (Fsp3) is 0.727. The lowest BCUT2D eigenvalue weighted by atomic mass is 9.70. The molecule has 1 nitrogen and oxygen atoms in total. The fourth-order valence-corrected chi connectivity index (χ4v) is 5.76. The summed E-state index contributed by atoms with van der Waals surface area (Å²) in [6.07, 6.45) is 2.04. The van der Waals surface area contributed by atoms with Crippen LogP contribution in [0.2, 0.25) is 0 Å². The van der Waals surface area contributed by atoms with Crippen LogP contribution >= 0.6 is 79.4 Å². The van der Waals surface area contributed by atoms with Crippen LogP contribution in [0.5, 0.6) is 0 Å². The van der Waals surface area contributed by atoms with Crippen molar-refractivity contribution in [2.75, 3.05) is 0 Å². The molecule has 0 aromatic heterocycles. The van der Waals surface area contributed by atoms with Crippen molar-refractivity contribution in [2.24, 2.45) is 5.92 Å². The third kappa shape index (κ3) is 2.11. The number of halogens is 4. The molecule has 4 unspecified atom stereocenters. The Hall–Kier alpha value is 1.89. The highest BCUT2D eigenvalue weighted by Crippen LogP contribution is 2.59. The van der Waals surface area contributed by atoms with Gasteiger partial charge in [-0.15, -0.1) is 0 Å². The Morgan fingerprint density at radius 1 is 1.38 bits per heavy atom. The summed E-state index contributed by atoms with van der Waals surface area (Å²) in [5.74, 6) is 0.439. The van der Waals surface area contributed by atoms with Crippen molar-refractivity contribution in [3.8, 4) is 0 Å². The zero-order chi connectivity index (χ0) is 12.9. The van der Waals surface area contributed by atoms with Gasteiger partial charge in [-0.3, -0.25) is 4.79 Å². The van der Waals surface area contributed by atoms with Gasteiger partial charge in [-0.1, -0.05) is 86.3 Å². The molecule has 92 valence electrons. The topological polar surface area (TPSA) is 17.1 Å². The van der Waals surface area contributed by atoms with Gasteiger partial charge in [0.05, 0.1) is 3.42 Å². The molecule has 0 amide bonds. The zero-order valence-corrected chi connectivity index (χ0v) is 16.8. The van der Waals surface area contributed by atoms with Gasteiger partial charge in [0.15, 0.2) is 0 Å². The van der Waals surface area contributed by atoms with E-state index in [1.165, 1.54) is 5.57 Å². The number of alkyl halides is 3. The van der Waals surface area contributed by atoms with Crippen LogP contribution in [0.1, 0.15) is 27.7 Å². The molecule has 1 aliphatic rings. The van der Waals surface area contributed by atoms with Gasteiger partial charge < -0.3 is 0 Å². The Bertz CT molecular complexity index is 362. The first-order chi connectivity index (χ1) is 6.98. The van der Waals surface area contributed by atoms with Gasteiger partial charge in [0.1, 0.15) is 3.42 Å². The van der Waals surface area contributed by atoms with E-state index in [2.05, 4.69) is 95.5 Å². The van der Waals surface area contributed by atoms with E-state index in [0.29, 0.717) is 5.92 Å². The highest BCUT2D eigenvalue weighted by Gasteiger charge is 2.61. The first kappa shape index (κ1) is 15.9. The fourth-order valence-electron chi connectivity index (χ4n) is 2.01. The predicted octanol–water partition coefficient (Wildman–Crippen LogP) is 4.91. The minimum Gasteiger partial charge on any atom is -0.279 e. The van der Waals surface area contributed by atoms with E-state index in [0.717, 1.165) is 0 Å². The number of carbonyl (C=O) groups excluding carboxylic acids is 1. The molecule has 0 fully saturated rings. The molecule has 0 bridgehead atoms. The lowest BCUT2D eigenvalue weighted by molar-refractivity contribution is -0.113. The van der Waals surface area contributed by atoms with Crippen LogP contribution in [0.15, 0.2) is 11.6 Å². The number of rotatable bonds is 1. The lowest BCUT2D eigenvalue weighted by Gasteiger charge is -2.53. The molecule has 0 N–H and O–H groups in total. The third-order valence-corrected chi connectivity index (χ3v) is 12.4. The summed E-state index contributed by atoms with van der Waals surface area (Å²) < 4.78 is -0.841. The van der Waals surface area contributed by atoms with Gasteiger partial charge in [0, 0.05) is 3.42 Å². The van der Waals surface area contributed by atoms with E-state index in [9.17, 15) is 4.79 Å². The van der Waals surface area contributed by atoms with Crippen LogP contribution in [0.4, 0.5) is 0 Å². The minimum atomic E-state index is -0.626. The van der Waals surface area contributed by atoms with E-state index in [1.54, 1.807) is 0 Å². The summed E-state index contributed by atoms with van der Waals surface area (Å²) in [4.78, 5) is 11.8. The molecule has 4 atom stereocenters. The van der Waals surface area contributed by atoms with Gasteiger partial charge in [0.2, 0.25) is 5.24 Å². The second-order valence-corrected chi connectivity index (χ2v) is 11.1. The second kappa shape index (κ2) is 4.77. The van der Waals surface area contributed by atoms with E-state index in [4.69, 9.17) is 11.6 Å². The van der Waals surface area contributed by atoms with Crippen LogP contribution in [0.3, 0.4) is 0 Å². The Kier molecular flexibility index (Phi) is 4.76. The van der Waals surface area contributed by atoms with Crippen molar-refractivity contribution in [1.29, 1.82) is 0 Å². The van der Waals surface area contributed by atoms with Crippen molar-refractivity contribution in [3.05, 3.63) is 11.6 Å². The van der Waals surface area contributed by atoms with E-state index < -0.39 is 3.42 Å². The van der Waals surface area contributed by atoms with Crippen LogP contribution < -0.4 is 0 Å². The Labute approximate surface area is 143 Å². The van der Waals surface area contributed by atoms with Crippen molar-refractivity contribution in [3.63, 3.8) is 0 Å². The summed E-state index contributed by atoms with van der Waals surface area (Å²) >= 11 is 12.9. The van der Waals surface area contributed by atoms with Crippen molar-refractivity contribution in [2.45, 2.75) is 38.0 Å². The molecule has 1 aliphatic carbocycles. The molecule has 0 aromatic carbocycles. The van der Waals surface area contributed by atoms with Crippen molar-refractivity contribution < 1.29 is 4.79 Å². The van der Waals surface area contributed by atoms with E-state index >= 15 is 0 Å². The van der Waals surface area contributed by atoms with E-state index in [-0.39, 0.29) is 12.1 Å². The molecule has 0 spiro atoms. The first-order valence-electron chi connectivity index (χ1n) is 4.94. The molecular weight excluding hydrogens is 564 g/mol. The maximum atomic E-state index is 11.8. The van der Waals surface area contributed by atoms with Gasteiger partial charge in [-0.2, -0.15) is 0 Å². The maximum absolute atomic E-state index is 11.8. The molecule has 0 saturated carbocycles. The van der Waals surface area contributed by atoms with Crippen molar-refractivity contribution >= 4 is 84.6 Å². The van der Waals surface area contributed by atoms with Gasteiger partial charge in [0.25, 0.3) is 0 Å². The highest BCUT2D eigenvalue weighted by molar-refractivity contribution is 14.1. The van der Waals surface area contributed by atoms with Gasteiger partial charge in [-0.25, -0.2) is 0 Å². The summed E-state index contributed by atoms with van der Waals surface area (Å²) in [6, 6.07) is 0. The molecule has 0 aromatic rings. The monoisotopic (exact) mass is 578 g/mol. The van der Waals surface area contributed by atoms with Crippen molar-refractivity contribution in [1.82, 2.24) is 0 Å². The second-order valence-electron chi connectivity index (χ2n) is 4.67. The highest BCUT2D eigenvalue weighted by atomic mass is 127. The third-order valence-electron chi connectivity index (χ3n) is 3.81.